The molecule has 1 aromatic rings. The van der Waals surface area contributed by atoms with E-state index in [9.17, 15) is 17.2 Å². The lowest BCUT2D eigenvalue weighted by Crippen LogP contribution is -2.41. The molecule has 126 valence electrons. The minimum Gasteiger partial charge on any atom is -0.251 e. The average molecular weight is 344 g/mol. The first-order valence-corrected chi connectivity index (χ1v) is 8.69. The smallest absolute Gasteiger partial charge is 0.251 e. The number of nitrogens with one attached hydrogen (secondary N) is 1. The zero-order valence-electron chi connectivity index (χ0n) is 12.8. The summed E-state index contributed by atoms with van der Waals surface area (Å²) in [4.78, 5) is 3.58. The fraction of sp³-hybridized carbons (Fsp3) is 0.429. The van der Waals surface area contributed by atoms with Crippen molar-refractivity contribution < 1.29 is 17.2 Å². The van der Waals surface area contributed by atoms with Gasteiger partial charge in [0.2, 0.25) is 5.96 Å². The summed E-state index contributed by atoms with van der Waals surface area (Å²) < 4.78 is 53.4. The van der Waals surface area contributed by atoms with Crippen molar-refractivity contribution in [1.82, 2.24) is 9.73 Å². The lowest BCUT2D eigenvalue weighted by atomic mass is 10.1. The lowest BCUT2D eigenvalue weighted by molar-refractivity contribution is 0.429. The highest BCUT2D eigenvalue weighted by Crippen LogP contribution is 2.16. The molecule has 0 amide bonds. The molecule has 0 aromatic heterocycles. The first-order valence-electron chi connectivity index (χ1n) is 7.20. The minimum atomic E-state index is -4.16. The van der Waals surface area contributed by atoms with E-state index in [0.29, 0.717) is 19.2 Å². The van der Waals surface area contributed by atoms with Gasteiger partial charge in [-0.2, -0.15) is 5.10 Å². The van der Waals surface area contributed by atoms with E-state index in [1.54, 1.807) is 13.1 Å². The van der Waals surface area contributed by atoms with Crippen molar-refractivity contribution in [3.05, 3.63) is 29.8 Å². The van der Waals surface area contributed by atoms with E-state index in [2.05, 4.69) is 14.8 Å². The van der Waals surface area contributed by atoms with Crippen molar-refractivity contribution in [2.45, 2.75) is 25.2 Å². The van der Waals surface area contributed by atoms with Gasteiger partial charge in [-0.1, -0.05) is 6.92 Å². The maximum Gasteiger partial charge on any atom is 0.264 e. The SMILES string of the molecule is CCN=C(NS(=O)(=O)c1cc(F)cc(F)c1)N1CC(CC)C=N1. The third-order valence-corrected chi connectivity index (χ3v) is 4.58. The van der Waals surface area contributed by atoms with Crippen molar-refractivity contribution in [2.24, 2.45) is 16.0 Å². The van der Waals surface area contributed by atoms with Crippen LogP contribution in [0.2, 0.25) is 0 Å². The second-order valence-corrected chi connectivity index (χ2v) is 6.71. The Labute approximate surface area is 134 Å². The van der Waals surface area contributed by atoms with Gasteiger partial charge >= 0.3 is 0 Å². The van der Waals surface area contributed by atoms with Crippen LogP contribution in [-0.4, -0.2) is 38.7 Å². The molecule has 1 atom stereocenters. The predicted octanol–water partition coefficient (Wildman–Crippen LogP) is 1.95. The van der Waals surface area contributed by atoms with Crippen molar-refractivity contribution in [3.63, 3.8) is 0 Å². The maximum atomic E-state index is 13.2. The van der Waals surface area contributed by atoms with E-state index < -0.39 is 26.6 Å². The van der Waals surface area contributed by atoms with Gasteiger partial charge in [0.15, 0.2) is 0 Å². The molecule has 2 rings (SSSR count). The summed E-state index contributed by atoms with van der Waals surface area (Å²) in [6.45, 7) is 4.57. The standard InChI is InChI=1S/C14H18F2N4O2S/c1-3-10-8-18-20(9-10)14(17-4-2)19-23(21,22)13-6-11(15)5-12(16)7-13/h5-8,10H,3-4,9H2,1-2H3,(H,17,19). The van der Waals surface area contributed by atoms with E-state index >= 15 is 0 Å². The lowest BCUT2D eigenvalue weighted by Gasteiger charge is -2.19. The second kappa shape index (κ2) is 7.03. The molecule has 0 radical (unpaired) electrons. The molecule has 1 heterocycles. The molecule has 6 nitrogen and oxygen atoms in total. The van der Waals surface area contributed by atoms with Gasteiger partial charge in [-0.05, 0) is 25.5 Å². The molecule has 0 aliphatic carbocycles. The van der Waals surface area contributed by atoms with Crippen LogP contribution < -0.4 is 4.72 Å². The fourth-order valence-electron chi connectivity index (χ4n) is 2.05. The topological polar surface area (TPSA) is 74.1 Å². The van der Waals surface area contributed by atoms with Crippen LogP contribution in [0.5, 0.6) is 0 Å². The van der Waals surface area contributed by atoms with Gasteiger partial charge in [-0.15, -0.1) is 0 Å². The Bertz CT molecular complexity index is 714. The number of aliphatic imine (C=N–C) groups is 1. The normalized spacial score (nSPS) is 18.5. The van der Waals surface area contributed by atoms with Crippen molar-refractivity contribution in [3.8, 4) is 0 Å². The first kappa shape index (κ1) is 17.3. The van der Waals surface area contributed by atoms with Crippen LogP contribution in [0, 0.1) is 17.6 Å². The number of nitrogens with zero attached hydrogens (tertiary/aromatic N) is 3. The predicted molar refractivity (Wildman–Crippen MR) is 83.6 cm³/mol. The number of halogens is 2. The Balaban J connectivity index is 2.26. The van der Waals surface area contributed by atoms with Gasteiger partial charge in [0.25, 0.3) is 10.0 Å². The molecule has 1 aliphatic rings. The van der Waals surface area contributed by atoms with E-state index in [1.807, 2.05) is 6.92 Å². The van der Waals surface area contributed by atoms with Crippen molar-refractivity contribution >= 4 is 22.2 Å². The summed E-state index contributed by atoms with van der Waals surface area (Å²) in [6, 6.07) is 2.10. The van der Waals surface area contributed by atoms with Crippen LogP contribution in [0.15, 0.2) is 33.2 Å². The number of hydrazone groups is 1. The highest BCUT2D eigenvalue weighted by Gasteiger charge is 2.25. The third-order valence-electron chi connectivity index (χ3n) is 3.27. The van der Waals surface area contributed by atoms with Gasteiger partial charge in [-0.3, -0.25) is 4.99 Å². The summed E-state index contributed by atoms with van der Waals surface area (Å²) in [5.41, 5.74) is 0. The number of hydrogen-bond donors (Lipinski definition) is 1. The van der Waals surface area contributed by atoms with Gasteiger partial charge in [0.05, 0.1) is 11.4 Å². The molecule has 0 bridgehead atoms. The van der Waals surface area contributed by atoms with E-state index in [4.69, 9.17) is 0 Å². The van der Waals surface area contributed by atoms with Crippen LogP contribution in [0.3, 0.4) is 0 Å². The number of hydrogen-bond acceptors (Lipinski definition) is 4. The molecule has 0 spiro atoms. The molecule has 1 aliphatic heterocycles. The summed E-state index contributed by atoms with van der Waals surface area (Å²) in [6.07, 6.45) is 2.59. The second-order valence-electron chi connectivity index (χ2n) is 5.02. The molecular formula is C14H18F2N4O2S. The number of benzene rings is 1. The van der Waals surface area contributed by atoms with Gasteiger partial charge in [-0.25, -0.2) is 26.9 Å². The first-order chi connectivity index (χ1) is 10.9. The number of guanidine groups is 1. The average Bonchev–Trinajstić information content (AvgIpc) is 2.94. The van der Waals surface area contributed by atoms with Crippen LogP contribution in [0.4, 0.5) is 8.78 Å². The molecule has 1 unspecified atom stereocenters. The zero-order valence-corrected chi connectivity index (χ0v) is 13.6. The minimum absolute atomic E-state index is 0.0318. The Morgan fingerprint density at radius 2 is 2.00 bits per heavy atom. The molecule has 0 saturated heterocycles. The molecular weight excluding hydrogens is 326 g/mol. The van der Waals surface area contributed by atoms with Crippen LogP contribution in [-0.2, 0) is 10.0 Å². The summed E-state index contributed by atoms with van der Waals surface area (Å²) in [7, 11) is -4.16. The number of sulfonamides is 1. The quantitative estimate of drug-likeness (QED) is 0.670. The van der Waals surface area contributed by atoms with E-state index in [0.717, 1.165) is 18.6 Å². The Hall–Kier alpha value is -2.03. The zero-order chi connectivity index (χ0) is 17.0. The monoisotopic (exact) mass is 344 g/mol. The van der Waals surface area contributed by atoms with Gasteiger partial charge in [0.1, 0.15) is 11.6 Å². The molecule has 0 saturated carbocycles. The molecule has 0 fully saturated rings. The summed E-state index contributed by atoms with van der Waals surface area (Å²) in [5.74, 6) is -1.70. The fourth-order valence-corrected chi connectivity index (χ4v) is 3.11. The van der Waals surface area contributed by atoms with Crippen molar-refractivity contribution in [1.29, 1.82) is 0 Å². The van der Waals surface area contributed by atoms with E-state index in [1.165, 1.54) is 5.01 Å². The molecule has 1 aromatic carbocycles. The maximum absolute atomic E-state index is 13.2. The van der Waals surface area contributed by atoms with Gasteiger partial charge < -0.3 is 0 Å². The van der Waals surface area contributed by atoms with E-state index in [-0.39, 0.29) is 11.9 Å². The largest absolute Gasteiger partial charge is 0.264 e. The van der Waals surface area contributed by atoms with Crippen LogP contribution in [0.1, 0.15) is 20.3 Å². The molecule has 1 N–H and O–H groups in total. The Kier molecular flexibility index (Phi) is 5.30. The third kappa shape index (κ3) is 4.25. The summed E-state index contributed by atoms with van der Waals surface area (Å²) >= 11 is 0. The van der Waals surface area contributed by atoms with Gasteiger partial charge in [0, 0.05) is 24.7 Å². The number of rotatable bonds is 4. The highest BCUT2D eigenvalue weighted by atomic mass is 32.2. The van der Waals surface area contributed by atoms with Crippen LogP contribution in [0.25, 0.3) is 0 Å². The summed E-state index contributed by atoms with van der Waals surface area (Å²) in [5, 5.41) is 5.56. The van der Waals surface area contributed by atoms with Crippen molar-refractivity contribution in [2.75, 3.05) is 13.1 Å². The Morgan fingerprint density at radius 1 is 1.35 bits per heavy atom. The highest BCUT2D eigenvalue weighted by molar-refractivity contribution is 7.90. The Morgan fingerprint density at radius 3 is 2.52 bits per heavy atom. The molecule has 9 heteroatoms. The van der Waals surface area contributed by atoms with Crippen LogP contribution >= 0.6 is 0 Å². The molecule has 23 heavy (non-hydrogen) atoms.